The lowest BCUT2D eigenvalue weighted by Crippen LogP contribution is -1.91. The van der Waals surface area contributed by atoms with E-state index in [2.05, 4.69) is 4.98 Å². The zero-order chi connectivity index (χ0) is 12.4. The highest BCUT2D eigenvalue weighted by molar-refractivity contribution is 7.99. The molecule has 0 spiro atoms. The van der Waals surface area contributed by atoms with Gasteiger partial charge in [0, 0.05) is 0 Å². The molecule has 0 saturated carbocycles. The van der Waals surface area contributed by atoms with Crippen LogP contribution < -0.4 is 0 Å². The van der Waals surface area contributed by atoms with E-state index in [9.17, 15) is 10.1 Å². The normalized spacial score (nSPS) is 10.5. The van der Waals surface area contributed by atoms with Crippen molar-refractivity contribution in [3.8, 4) is 0 Å². The molecule has 0 N–H and O–H groups in total. The van der Waals surface area contributed by atoms with Gasteiger partial charge in [-0.05, 0) is 30.8 Å². The van der Waals surface area contributed by atoms with Gasteiger partial charge in [0.2, 0.25) is 0 Å². The molecule has 1 heterocycles. The summed E-state index contributed by atoms with van der Waals surface area (Å²) >= 11 is 6.86. The summed E-state index contributed by atoms with van der Waals surface area (Å²) in [5, 5.41) is 11.3. The number of benzene rings is 1. The van der Waals surface area contributed by atoms with Gasteiger partial charge >= 0.3 is 5.69 Å². The highest BCUT2D eigenvalue weighted by atomic mass is 35.5. The summed E-state index contributed by atoms with van der Waals surface area (Å²) in [5.41, 5.74) is 0.590. The Labute approximate surface area is 106 Å². The van der Waals surface area contributed by atoms with Gasteiger partial charge in [0.25, 0.3) is 5.22 Å². The summed E-state index contributed by atoms with van der Waals surface area (Å²) < 4.78 is 5.13. The van der Waals surface area contributed by atoms with Crippen molar-refractivity contribution in [1.82, 2.24) is 4.98 Å². The molecule has 17 heavy (non-hydrogen) atoms. The maximum atomic E-state index is 10.9. The van der Waals surface area contributed by atoms with Crippen molar-refractivity contribution in [3.63, 3.8) is 0 Å². The molecule has 2 aromatic rings. The second-order valence-corrected chi connectivity index (χ2v) is 4.60. The van der Waals surface area contributed by atoms with Crippen LogP contribution in [-0.2, 0) is 0 Å². The Morgan fingerprint density at radius 3 is 2.88 bits per heavy atom. The first-order chi connectivity index (χ1) is 8.08. The van der Waals surface area contributed by atoms with Crippen LogP contribution in [0.25, 0.3) is 0 Å². The Morgan fingerprint density at radius 2 is 2.29 bits per heavy atom. The molecule has 1 aromatic heterocycles. The molecule has 0 bridgehead atoms. The van der Waals surface area contributed by atoms with Gasteiger partial charge in [0.15, 0.2) is 0 Å². The number of aromatic nitrogens is 1. The molecule has 5 nitrogen and oxygen atoms in total. The SMILES string of the molecule is Cc1coc(Sc2cccc(Cl)c2[N+](=O)[O-])n1. The largest absolute Gasteiger partial charge is 0.439 e. The van der Waals surface area contributed by atoms with E-state index in [1.54, 1.807) is 19.1 Å². The minimum absolute atomic E-state index is 0.100. The predicted octanol–water partition coefficient (Wildman–Crippen LogP) is 3.70. The fraction of sp³-hybridized carbons (Fsp3) is 0.100. The van der Waals surface area contributed by atoms with E-state index in [-0.39, 0.29) is 10.7 Å². The highest BCUT2D eigenvalue weighted by Gasteiger charge is 2.20. The summed E-state index contributed by atoms with van der Waals surface area (Å²) in [7, 11) is 0. The van der Waals surface area contributed by atoms with Crippen LogP contribution in [0.15, 0.2) is 39.0 Å². The van der Waals surface area contributed by atoms with Gasteiger partial charge in [0.1, 0.15) is 11.3 Å². The van der Waals surface area contributed by atoms with Crippen LogP contribution in [-0.4, -0.2) is 9.91 Å². The van der Waals surface area contributed by atoms with E-state index in [1.807, 2.05) is 0 Å². The number of nitrogens with zero attached hydrogens (tertiary/aromatic N) is 2. The van der Waals surface area contributed by atoms with Crippen molar-refractivity contribution in [2.24, 2.45) is 0 Å². The number of oxazole rings is 1. The third-order valence-electron chi connectivity index (χ3n) is 1.93. The first kappa shape index (κ1) is 11.9. The maximum absolute atomic E-state index is 10.9. The monoisotopic (exact) mass is 270 g/mol. The first-order valence-corrected chi connectivity index (χ1v) is 5.80. The minimum atomic E-state index is -0.513. The number of para-hydroxylation sites is 1. The summed E-state index contributed by atoms with van der Waals surface area (Å²) in [6.45, 7) is 1.78. The lowest BCUT2D eigenvalue weighted by Gasteiger charge is -2.00. The number of nitro benzene ring substituents is 1. The maximum Gasteiger partial charge on any atom is 0.301 e. The Morgan fingerprint density at radius 1 is 1.53 bits per heavy atom. The van der Waals surface area contributed by atoms with Gasteiger partial charge in [-0.15, -0.1) is 0 Å². The molecule has 0 saturated heterocycles. The van der Waals surface area contributed by atoms with Crippen LogP contribution in [0.3, 0.4) is 0 Å². The van der Waals surface area contributed by atoms with Crippen LogP contribution in [0.2, 0.25) is 5.02 Å². The summed E-state index contributed by atoms with van der Waals surface area (Å²) in [6, 6.07) is 4.73. The molecule has 0 amide bonds. The fourth-order valence-electron chi connectivity index (χ4n) is 1.23. The van der Waals surface area contributed by atoms with Gasteiger partial charge in [-0.2, -0.15) is 0 Å². The second kappa shape index (κ2) is 4.77. The quantitative estimate of drug-likeness (QED) is 0.628. The topological polar surface area (TPSA) is 69.2 Å². The third kappa shape index (κ3) is 2.59. The van der Waals surface area contributed by atoms with E-state index >= 15 is 0 Å². The van der Waals surface area contributed by atoms with Crippen molar-refractivity contribution in [3.05, 3.63) is 45.3 Å². The van der Waals surface area contributed by atoms with Crippen molar-refractivity contribution in [1.29, 1.82) is 0 Å². The van der Waals surface area contributed by atoms with Gasteiger partial charge in [-0.1, -0.05) is 17.7 Å². The molecular weight excluding hydrogens is 264 g/mol. The Bertz CT molecular complexity index is 570. The van der Waals surface area contributed by atoms with E-state index in [1.165, 1.54) is 12.3 Å². The molecule has 7 heteroatoms. The molecule has 0 unspecified atom stereocenters. The molecule has 0 aliphatic carbocycles. The van der Waals surface area contributed by atoms with Gasteiger partial charge in [0.05, 0.1) is 15.5 Å². The summed E-state index contributed by atoms with van der Waals surface area (Å²) in [5.74, 6) is 0. The number of nitro groups is 1. The molecule has 0 atom stereocenters. The number of rotatable bonds is 3. The van der Waals surface area contributed by atoms with Gasteiger partial charge in [-0.25, -0.2) is 4.98 Å². The van der Waals surface area contributed by atoms with Gasteiger partial charge in [-0.3, -0.25) is 10.1 Å². The van der Waals surface area contributed by atoms with Crippen LogP contribution in [0.4, 0.5) is 5.69 Å². The Kier molecular flexibility index (Phi) is 3.35. The number of hydrogen-bond donors (Lipinski definition) is 0. The predicted molar refractivity (Wildman–Crippen MR) is 63.5 cm³/mol. The molecule has 1 aromatic carbocycles. The van der Waals surface area contributed by atoms with Crippen molar-refractivity contribution >= 4 is 29.1 Å². The third-order valence-corrected chi connectivity index (χ3v) is 3.14. The first-order valence-electron chi connectivity index (χ1n) is 4.61. The van der Waals surface area contributed by atoms with Crippen LogP contribution in [0.5, 0.6) is 0 Å². The van der Waals surface area contributed by atoms with Crippen LogP contribution in [0.1, 0.15) is 5.69 Å². The molecule has 0 radical (unpaired) electrons. The lowest BCUT2D eigenvalue weighted by atomic mass is 10.3. The zero-order valence-corrected chi connectivity index (χ0v) is 10.3. The summed E-state index contributed by atoms with van der Waals surface area (Å²) in [6.07, 6.45) is 1.48. The van der Waals surface area contributed by atoms with Gasteiger partial charge < -0.3 is 4.42 Å². The molecular formula is C10H7ClN2O3S. The second-order valence-electron chi connectivity index (χ2n) is 3.20. The molecule has 2 rings (SSSR count). The Balaban J connectivity index is 2.39. The molecule has 0 fully saturated rings. The standard InChI is InChI=1S/C10H7ClN2O3S/c1-6-5-16-10(12-6)17-8-4-2-3-7(11)9(8)13(14)15/h2-5H,1H3. The van der Waals surface area contributed by atoms with Crippen molar-refractivity contribution < 1.29 is 9.34 Å². The molecule has 88 valence electrons. The fourth-order valence-corrected chi connectivity index (χ4v) is 2.43. The van der Waals surface area contributed by atoms with E-state index < -0.39 is 4.92 Å². The van der Waals surface area contributed by atoms with E-state index in [0.29, 0.717) is 10.1 Å². The van der Waals surface area contributed by atoms with Crippen LogP contribution >= 0.6 is 23.4 Å². The van der Waals surface area contributed by atoms with Crippen molar-refractivity contribution in [2.45, 2.75) is 17.0 Å². The number of aryl methyl sites for hydroxylation is 1. The highest BCUT2D eigenvalue weighted by Crippen LogP contribution is 2.38. The average molecular weight is 271 g/mol. The van der Waals surface area contributed by atoms with Crippen molar-refractivity contribution in [2.75, 3.05) is 0 Å². The van der Waals surface area contributed by atoms with Crippen LogP contribution in [0, 0.1) is 17.0 Å². The summed E-state index contributed by atoms with van der Waals surface area (Å²) in [4.78, 5) is 14.9. The minimum Gasteiger partial charge on any atom is -0.439 e. The average Bonchev–Trinajstić information content (AvgIpc) is 2.63. The van der Waals surface area contributed by atoms with E-state index in [4.69, 9.17) is 16.0 Å². The molecule has 0 aliphatic heterocycles. The Hall–Kier alpha value is -1.53. The number of hydrogen-bond acceptors (Lipinski definition) is 5. The number of halogens is 1. The zero-order valence-electron chi connectivity index (χ0n) is 8.71. The lowest BCUT2D eigenvalue weighted by molar-refractivity contribution is -0.387. The van der Waals surface area contributed by atoms with E-state index in [0.717, 1.165) is 17.5 Å². The smallest absolute Gasteiger partial charge is 0.301 e. The molecule has 0 aliphatic rings.